The molecule has 0 aliphatic carbocycles. The highest BCUT2D eigenvalue weighted by Gasteiger charge is 2.25. The van der Waals surface area contributed by atoms with Crippen molar-refractivity contribution in [1.82, 2.24) is 9.97 Å². The summed E-state index contributed by atoms with van der Waals surface area (Å²) in [5.41, 5.74) is 5.33. The Hall–Kier alpha value is -1.56. The lowest BCUT2D eigenvalue weighted by Gasteiger charge is -2.31. The van der Waals surface area contributed by atoms with Crippen LogP contribution >= 0.6 is 11.6 Å². The Balaban J connectivity index is 2.10. The molecule has 3 N–H and O–H groups in total. The lowest BCUT2D eigenvalue weighted by atomic mass is 9.96. The van der Waals surface area contributed by atoms with Crippen LogP contribution in [0.15, 0.2) is 6.20 Å². The van der Waals surface area contributed by atoms with Crippen LogP contribution in [0.1, 0.15) is 19.8 Å². The number of amides is 1. The molecule has 1 saturated heterocycles. The van der Waals surface area contributed by atoms with E-state index in [1.807, 2.05) is 6.92 Å². The van der Waals surface area contributed by atoms with Gasteiger partial charge < -0.3 is 16.0 Å². The van der Waals surface area contributed by atoms with Gasteiger partial charge in [-0.3, -0.25) is 4.79 Å². The first-order valence-electron chi connectivity index (χ1n) is 6.42. The third-order valence-corrected chi connectivity index (χ3v) is 3.52. The predicted octanol–water partition coefficient (Wildman–Crippen LogP) is 1.26. The topological polar surface area (TPSA) is 84.1 Å². The Morgan fingerprint density at radius 1 is 1.58 bits per heavy atom. The molecule has 0 bridgehead atoms. The molecule has 19 heavy (non-hydrogen) atoms. The highest BCUT2D eigenvalue weighted by atomic mass is 35.5. The van der Waals surface area contributed by atoms with Crippen LogP contribution < -0.4 is 16.0 Å². The van der Waals surface area contributed by atoms with Crippen molar-refractivity contribution in [2.24, 2.45) is 11.7 Å². The highest BCUT2D eigenvalue weighted by molar-refractivity contribution is 6.32. The Morgan fingerprint density at radius 3 is 2.84 bits per heavy atom. The van der Waals surface area contributed by atoms with Crippen molar-refractivity contribution >= 4 is 29.3 Å². The van der Waals surface area contributed by atoms with Gasteiger partial charge in [0.1, 0.15) is 5.02 Å². The zero-order valence-corrected chi connectivity index (χ0v) is 11.7. The third kappa shape index (κ3) is 3.26. The van der Waals surface area contributed by atoms with Crippen LogP contribution in [-0.2, 0) is 4.79 Å². The van der Waals surface area contributed by atoms with Gasteiger partial charge in [0.05, 0.1) is 6.20 Å². The summed E-state index contributed by atoms with van der Waals surface area (Å²) >= 11 is 6.14. The smallest absolute Gasteiger partial charge is 0.224 e. The molecule has 0 atom stereocenters. The van der Waals surface area contributed by atoms with Gasteiger partial charge in [0.2, 0.25) is 11.9 Å². The number of primary amides is 1. The number of hydrogen-bond donors (Lipinski definition) is 2. The molecule has 0 saturated carbocycles. The lowest BCUT2D eigenvalue weighted by molar-refractivity contribution is -0.122. The van der Waals surface area contributed by atoms with Gasteiger partial charge >= 0.3 is 0 Å². The summed E-state index contributed by atoms with van der Waals surface area (Å²) in [4.78, 5) is 21.7. The fourth-order valence-corrected chi connectivity index (χ4v) is 2.41. The van der Waals surface area contributed by atoms with Crippen LogP contribution in [0.25, 0.3) is 0 Å². The van der Waals surface area contributed by atoms with Crippen LogP contribution in [0, 0.1) is 5.92 Å². The molecular formula is C12H18ClN5O. The van der Waals surface area contributed by atoms with E-state index in [-0.39, 0.29) is 11.8 Å². The molecule has 1 aliphatic rings. The summed E-state index contributed by atoms with van der Waals surface area (Å²) in [5, 5.41) is 3.59. The summed E-state index contributed by atoms with van der Waals surface area (Å²) in [5.74, 6) is 1.03. The molecule has 1 fully saturated rings. The van der Waals surface area contributed by atoms with Crippen molar-refractivity contribution < 1.29 is 4.79 Å². The van der Waals surface area contributed by atoms with Crippen molar-refractivity contribution in [2.75, 3.05) is 29.9 Å². The Labute approximate surface area is 117 Å². The molecule has 2 heterocycles. The van der Waals surface area contributed by atoms with Crippen LogP contribution in [0.4, 0.5) is 11.8 Å². The van der Waals surface area contributed by atoms with E-state index in [4.69, 9.17) is 17.3 Å². The predicted molar refractivity (Wildman–Crippen MR) is 75.3 cm³/mol. The summed E-state index contributed by atoms with van der Waals surface area (Å²) in [7, 11) is 0. The number of rotatable bonds is 4. The maximum atomic E-state index is 11.1. The van der Waals surface area contributed by atoms with E-state index in [0.29, 0.717) is 11.0 Å². The fraction of sp³-hybridized carbons (Fsp3) is 0.583. The van der Waals surface area contributed by atoms with Gasteiger partial charge in [-0.15, -0.1) is 0 Å². The largest absolute Gasteiger partial charge is 0.369 e. The molecule has 0 unspecified atom stereocenters. The number of nitrogens with one attached hydrogen (secondary N) is 1. The summed E-state index contributed by atoms with van der Waals surface area (Å²) in [6.45, 7) is 4.20. The van der Waals surface area contributed by atoms with E-state index in [0.717, 1.165) is 38.3 Å². The number of nitrogens with zero attached hydrogens (tertiary/aromatic N) is 3. The maximum Gasteiger partial charge on any atom is 0.224 e. The second kappa shape index (κ2) is 6.06. The lowest BCUT2D eigenvalue weighted by Crippen LogP contribution is -2.39. The average Bonchev–Trinajstić information content (AvgIpc) is 2.41. The van der Waals surface area contributed by atoms with Crippen molar-refractivity contribution in [1.29, 1.82) is 0 Å². The quantitative estimate of drug-likeness (QED) is 0.869. The van der Waals surface area contributed by atoms with E-state index in [1.54, 1.807) is 6.20 Å². The molecule has 0 aromatic carbocycles. The SMILES string of the molecule is CCNc1ncc(Cl)c(N2CCC(C(N)=O)CC2)n1. The minimum Gasteiger partial charge on any atom is -0.369 e. The van der Waals surface area contributed by atoms with Crippen molar-refractivity contribution in [3.63, 3.8) is 0 Å². The number of aromatic nitrogens is 2. The van der Waals surface area contributed by atoms with Crippen molar-refractivity contribution in [3.8, 4) is 0 Å². The molecule has 1 aliphatic heterocycles. The van der Waals surface area contributed by atoms with Gasteiger partial charge in [-0.2, -0.15) is 4.98 Å². The second-order valence-corrected chi connectivity index (χ2v) is 4.97. The Bertz CT molecular complexity index is 459. The number of halogens is 1. The van der Waals surface area contributed by atoms with Gasteiger partial charge in [0.15, 0.2) is 5.82 Å². The number of hydrogen-bond acceptors (Lipinski definition) is 5. The van der Waals surface area contributed by atoms with Crippen molar-refractivity contribution in [2.45, 2.75) is 19.8 Å². The number of carbonyl (C=O) groups is 1. The molecule has 0 spiro atoms. The van der Waals surface area contributed by atoms with E-state index >= 15 is 0 Å². The summed E-state index contributed by atoms with van der Waals surface area (Å²) < 4.78 is 0. The molecular weight excluding hydrogens is 266 g/mol. The Morgan fingerprint density at radius 2 is 2.26 bits per heavy atom. The van der Waals surface area contributed by atoms with Gasteiger partial charge in [0.25, 0.3) is 0 Å². The minimum absolute atomic E-state index is 0.0369. The first-order chi connectivity index (χ1) is 9.11. The molecule has 104 valence electrons. The average molecular weight is 284 g/mol. The highest BCUT2D eigenvalue weighted by Crippen LogP contribution is 2.28. The fourth-order valence-electron chi connectivity index (χ4n) is 2.20. The maximum absolute atomic E-state index is 11.1. The molecule has 1 aromatic rings. The van der Waals surface area contributed by atoms with E-state index in [2.05, 4.69) is 20.2 Å². The number of nitrogens with two attached hydrogens (primary N) is 1. The summed E-state index contributed by atoms with van der Waals surface area (Å²) in [6, 6.07) is 0. The Kier molecular flexibility index (Phi) is 4.42. The first kappa shape index (κ1) is 13.9. The standard InChI is InChI=1S/C12H18ClN5O/c1-2-15-12-16-7-9(13)11(17-12)18-5-3-8(4-6-18)10(14)19/h7-8H,2-6H2,1H3,(H2,14,19)(H,15,16,17). The molecule has 6 nitrogen and oxygen atoms in total. The molecule has 1 aromatic heterocycles. The van der Waals surface area contributed by atoms with Crippen molar-refractivity contribution in [3.05, 3.63) is 11.2 Å². The number of anilines is 2. The van der Waals surface area contributed by atoms with Crippen LogP contribution in [-0.4, -0.2) is 35.5 Å². The molecule has 0 radical (unpaired) electrons. The van der Waals surface area contributed by atoms with E-state index in [1.165, 1.54) is 0 Å². The zero-order chi connectivity index (χ0) is 13.8. The molecule has 2 rings (SSSR count). The zero-order valence-electron chi connectivity index (χ0n) is 10.9. The van der Waals surface area contributed by atoms with Gasteiger partial charge in [-0.25, -0.2) is 4.98 Å². The normalized spacial score (nSPS) is 16.4. The number of carbonyl (C=O) groups excluding carboxylic acids is 1. The molecule has 1 amide bonds. The minimum atomic E-state index is -0.221. The third-order valence-electron chi connectivity index (χ3n) is 3.26. The first-order valence-corrected chi connectivity index (χ1v) is 6.80. The van der Waals surface area contributed by atoms with Crippen LogP contribution in [0.3, 0.4) is 0 Å². The van der Waals surface area contributed by atoms with Crippen LogP contribution in [0.2, 0.25) is 5.02 Å². The van der Waals surface area contributed by atoms with Gasteiger partial charge in [-0.1, -0.05) is 11.6 Å². The van der Waals surface area contributed by atoms with Crippen LogP contribution in [0.5, 0.6) is 0 Å². The molecule has 7 heteroatoms. The number of piperidine rings is 1. The monoisotopic (exact) mass is 283 g/mol. The van der Waals surface area contributed by atoms with Gasteiger partial charge in [-0.05, 0) is 19.8 Å². The second-order valence-electron chi connectivity index (χ2n) is 4.56. The van der Waals surface area contributed by atoms with E-state index in [9.17, 15) is 4.79 Å². The summed E-state index contributed by atoms with van der Waals surface area (Å²) in [6.07, 6.45) is 3.08. The van der Waals surface area contributed by atoms with E-state index < -0.39 is 0 Å². The van der Waals surface area contributed by atoms with Gasteiger partial charge in [0, 0.05) is 25.6 Å².